The van der Waals surface area contributed by atoms with Crippen molar-refractivity contribution < 1.29 is 17.9 Å². The van der Waals surface area contributed by atoms with Gasteiger partial charge < -0.3 is 10.1 Å². The molecule has 2 aromatic rings. The molecule has 8 heteroatoms. The third kappa shape index (κ3) is 4.28. The average molecular weight is 368 g/mol. The van der Waals surface area contributed by atoms with Crippen LogP contribution in [0, 0.1) is 0 Å². The molecule has 0 saturated carbocycles. The Morgan fingerprint density at radius 1 is 1.20 bits per heavy atom. The normalized spacial score (nSPS) is 11.2. The van der Waals surface area contributed by atoms with Crippen LogP contribution in [0.1, 0.15) is 0 Å². The van der Waals surface area contributed by atoms with Gasteiger partial charge in [0.2, 0.25) is 0 Å². The standard InChI is InChI=1S/C12H7BrClF3N2O/c13-7-1-3-9(10(5-7)20-12(15,16)17)19-11-4-2-8(14)6-18-11/h1-6H,(H,18,19). The van der Waals surface area contributed by atoms with Crippen LogP contribution >= 0.6 is 27.5 Å². The first-order chi connectivity index (χ1) is 9.33. The lowest BCUT2D eigenvalue weighted by atomic mass is 10.3. The van der Waals surface area contributed by atoms with Crippen LogP contribution in [0.4, 0.5) is 24.7 Å². The summed E-state index contributed by atoms with van der Waals surface area (Å²) in [5.74, 6) is -0.00706. The van der Waals surface area contributed by atoms with E-state index in [1.807, 2.05) is 0 Å². The zero-order chi connectivity index (χ0) is 14.8. The van der Waals surface area contributed by atoms with Crippen molar-refractivity contribution in [3.05, 3.63) is 46.0 Å². The summed E-state index contributed by atoms with van der Waals surface area (Å²) in [5.41, 5.74) is 0.139. The molecular formula is C12H7BrClF3N2O. The molecule has 0 spiro atoms. The van der Waals surface area contributed by atoms with Gasteiger partial charge in [-0.25, -0.2) is 4.98 Å². The number of alkyl halides is 3. The molecule has 0 aliphatic rings. The molecule has 1 aromatic carbocycles. The van der Waals surface area contributed by atoms with Crippen molar-refractivity contribution in [3.8, 4) is 5.75 Å². The van der Waals surface area contributed by atoms with Crippen LogP contribution in [0.5, 0.6) is 5.75 Å². The largest absolute Gasteiger partial charge is 0.573 e. The van der Waals surface area contributed by atoms with Gasteiger partial charge in [0.15, 0.2) is 5.75 Å². The van der Waals surface area contributed by atoms with E-state index in [0.29, 0.717) is 15.3 Å². The van der Waals surface area contributed by atoms with Crippen molar-refractivity contribution in [2.24, 2.45) is 0 Å². The molecule has 0 aliphatic carbocycles. The first-order valence-corrected chi connectivity index (χ1v) is 6.44. The summed E-state index contributed by atoms with van der Waals surface area (Å²) < 4.78 is 41.5. The van der Waals surface area contributed by atoms with E-state index < -0.39 is 6.36 Å². The van der Waals surface area contributed by atoms with Gasteiger partial charge in [-0.15, -0.1) is 13.2 Å². The molecule has 1 N–H and O–H groups in total. The molecule has 0 aliphatic heterocycles. The lowest BCUT2D eigenvalue weighted by Crippen LogP contribution is -2.18. The molecule has 0 radical (unpaired) electrons. The minimum absolute atomic E-state index is 0.139. The van der Waals surface area contributed by atoms with E-state index in [1.54, 1.807) is 18.2 Å². The Bertz CT molecular complexity index is 605. The van der Waals surface area contributed by atoms with Crippen molar-refractivity contribution in [2.45, 2.75) is 6.36 Å². The third-order valence-corrected chi connectivity index (χ3v) is 2.88. The first kappa shape index (κ1) is 14.9. The first-order valence-electron chi connectivity index (χ1n) is 5.27. The molecule has 0 unspecified atom stereocenters. The van der Waals surface area contributed by atoms with Crippen LogP contribution < -0.4 is 10.1 Å². The fraction of sp³-hybridized carbons (Fsp3) is 0.0833. The van der Waals surface area contributed by atoms with E-state index in [-0.39, 0.29) is 11.4 Å². The quantitative estimate of drug-likeness (QED) is 0.815. The van der Waals surface area contributed by atoms with Crippen LogP contribution in [0.25, 0.3) is 0 Å². The van der Waals surface area contributed by atoms with Gasteiger partial charge in [0.1, 0.15) is 5.82 Å². The van der Waals surface area contributed by atoms with Crippen molar-refractivity contribution >= 4 is 39.0 Å². The van der Waals surface area contributed by atoms with Gasteiger partial charge >= 0.3 is 6.36 Å². The number of halogens is 5. The Morgan fingerprint density at radius 2 is 1.95 bits per heavy atom. The number of hydrogen-bond donors (Lipinski definition) is 1. The minimum atomic E-state index is -4.77. The van der Waals surface area contributed by atoms with Crippen LogP contribution in [-0.2, 0) is 0 Å². The number of rotatable bonds is 3. The van der Waals surface area contributed by atoms with E-state index in [9.17, 15) is 13.2 Å². The smallest absolute Gasteiger partial charge is 0.404 e. The van der Waals surface area contributed by atoms with Crippen molar-refractivity contribution in [3.63, 3.8) is 0 Å². The number of anilines is 2. The highest BCUT2D eigenvalue weighted by atomic mass is 79.9. The second kappa shape index (κ2) is 5.88. The lowest BCUT2D eigenvalue weighted by molar-refractivity contribution is -0.274. The van der Waals surface area contributed by atoms with Gasteiger partial charge in [0.25, 0.3) is 0 Å². The van der Waals surface area contributed by atoms with Crippen molar-refractivity contribution in [1.82, 2.24) is 4.98 Å². The molecule has 2 rings (SSSR count). The molecule has 0 atom stereocenters. The monoisotopic (exact) mass is 366 g/mol. The highest BCUT2D eigenvalue weighted by Gasteiger charge is 2.32. The zero-order valence-electron chi connectivity index (χ0n) is 9.71. The Labute approximate surface area is 125 Å². The molecule has 0 bridgehead atoms. The molecule has 3 nitrogen and oxygen atoms in total. The SMILES string of the molecule is FC(F)(F)Oc1cc(Br)ccc1Nc1ccc(Cl)cn1. The van der Waals surface area contributed by atoms with Gasteiger partial charge in [0, 0.05) is 10.7 Å². The van der Waals surface area contributed by atoms with Crippen LogP contribution in [0.3, 0.4) is 0 Å². The number of benzene rings is 1. The predicted molar refractivity (Wildman–Crippen MR) is 73.4 cm³/mol. The van der Waals surface area contributed by atoms with Crippen LogP contribution in [0.15, 0.2) is 41.0 Å². The Morgan fingerprint density at radius 3 is 2.55 bits per heavy atom. The fourth-order valence-corrected chi connectivity index (χ4v) is 1.85. The molecule has 0 amide bonds. The summed E-state index contributed by atoms with van der Waals surface area (Å²) in [7, 11) is 0. The zero-order valence-corrected chi connectivity index (χ0v) is 12.1. The van der Waals surface area contributed by atoms with Gasteiger partial charge in [-0.05, 0) is 30.3 Å². The number of pyridine rings is 1. The summed E-state index contributed by atoms with van der Waals surface area (Å²) in [6.45, 7) is 0. The molecule has 0 fully saturated rings. The van der Waals surface area contributed by atoms with Crippen LogP contribution in [0.2, 0.25) is 5.02 Å². The van der Waals surface area contributed by atoms with Gasteiger partial charge in [0.05, 0.1) is 10.7 Å². The van der Waals surface area contributed by atoms with Crippen molar-refractivity contribution in [1.29, 1.82) is 0 Å². The predicted octanol–water partition coefficient (Wildman–Crippen LogP) is 5.14. The summed E-state index contributed by atoms with van der Waals surface area (Å²) in [6, 6.07) is 7.36. The second-order valence-electron chi connectivity index (χ2n) is 3.67. The molecule has 106 valence electrons. The van der Waals surface area contributed by atoms with E-state index in [0.717, 1.165) is 0 Å². The molecular weight excluding hydrogens is 360 g/mol. The summed E-state index contributed by atoms with van der Waals surface area (Å²) in [6.07, 6.45) is -3.39. The number of nitrogens with zero attached hydrogens (tertiary/aromatic N) is 1. The average Bonchev–Trinajstić information content (AvgIpc) is 2.33. The van der Waals surface area contributed by atoms with E-state index in [1.165, 1.54) is 18.3 Å². The molecule has 1 heterocycles. The second-order valence-corrected chi connectivity index (χ2v) is 5.03. The molecule has 1 aromatic heterocycles. The number of aromatic nitrogens is 1. The van der Waals surface area contributed by atoms with Crippen molar-refractivity contribution in [2.75, 3.05) is 5.32 Å². The minimum Gasteiger partial charge on any atom is -0.404 e. The maximum absolute atomic E-state index is 12.3. The maximum atomic E-state index is 12.3. The fourth-order valence-electron chi connectivity index (χ4n) is 1.40. The number of nitrogens with one attached hydrogen (secondary N) is 1. The Kier molecular flexibility index (Phi) is 4.39. The highest BCUT2D eigenvalue weighted by molar-refractivity contribution is 9.10. The Hall–Kier alpha value is -1.47. The van der Waals surface area contributed by atoms with Gasteiger partial charge in [-0.1, -0.05) is 27.5 Å². The molecule has 0 saturated heterocycles. The van der Waals surface area contributed by atoms with Gasteiger partial charge in [-0.2, -0.15) is 0 Å². The third-order valence-electron chi connectivity index (χ3n) is 2.16. The summed E-state index contributed by atoms with van der Waals surface area (Å²) in [5, 5.41) is 3.16. The van der Waals surface area contributed by atoms with E-state index >= 15 is 0 Å². The number of hydrogen-bond acceptors (Lipinski definition) is 3. The Balaban J connectivity index is 2.28. The van der Waals surface area contributed by atoms with E-state index in [4.69, 9.17) is 11.6 Å². The highest BCUT2D eigenvalue weighted by Crippen LogP contribution is 2.34. The molecule has 20 heavy (non-hydrogen) atoms. The lowest BCUT2D eigenvalue weighted by Gasteiger charge is -2.14. The van der Waals surface area contributed by atoms with Crippen LogP contribution in [-0.4, -0.2) is 11.3 Å². The van der Waals surface area contributed by atoms with Gasteiger partial charge in [-0.3, -0.25) is 0 Å². The van der Waals surface area contributed by atoms with E-state index in [2.05, 4.69) is 31.0 Å². The topological polar surface area (TPSA) is 34.1 Å². The number of ether oxygens (including phenoxy) is 1. The summed E-state index contributed by atoms with van der Waals surface area (Å²) >= 11 is 8.77. The maximum Gasteiger partial charge on any atom is 0.573 e. The summed E-state index contributed by atoms with van der Waals surface area (Å²) in [4.78, 5) is 3.94.